The van der Waals surface area contributed by atoms with Gasteiger partial charge in [-0.3, -0.25) is 9.59 Å². The highest BCUT2D eigenvalue weighted by Crippen LogP contribution is 2.36. The highest BCUT2D eigenvalue weighted by Gasteiger charge is 2.31. The molecule has 0 saturated heterocycles. The summed E-state index contributed by atoms with van der Waals surface area (Å²) in [7, 11) is 0. The Balaban J connectivity index is 1.67. The minimum absolute atomic E-state index is 0.115. The van der Waals surface area contributed by atoms with E-state index in [0.29, 0.717) is 22.3 Å². The molecule has 148 valence electrons. The molecular formula is C23H23N3O2S. The van der Waals surface area contributed by atoms with E-state index >= 15 is 0 Å². The van der Waals surface area contributed by atoms with E-state index in [4.69, 9.17) is 0 Å². The lowest BCUT2D eigenvalue weighted by atomic mass is 9.84. The van der Waals surface area contributed by atoms with Crippen molar-refractivity contribution < 1.29 is 4.79 Å². The number of thioether (sulfide) groups is 1. The Morgan fingerprint density at radius 3 is 2.52 bits per heavy atom. The van der Waals surface area contributed by atoms with Crippen LogP contribution in [-0.4, -0.2) is 15.9 Å². The summed E-state index contributed by atoms with van der Waals surface area (Å²) in [6.07, 6.45) is 0.248. The van der Waals surface area contributed by atoms with E-state index in [9.17, 15) is 9.59 Å². The first-order valence-corrected chi connectivity index (χ1v) is 10.6. The first-order valence-electron chi connectivity index (χ1n) is 9.60. The minimum Gasteiger partial charge on any atom is -0.310 e. The summed E-state index contributed by atoms with van der Waals surface area (Å²) in [5.74, 6) is 0.667. The van der Waals surface area contributed by atoms with Crippen molar-refractivity contribution in [1.29, 1.82) is 0 Å². The number of nitrogens with one attached hydrogen (secondary N) is 2. The van der Waals surface area contributed by atoms with Crippen LogP contribution >= 0.6 is 11.8 Å². The maximum absolute atomic E-state index is 13.0. The maximum Gasteiger partial charge on any atom is 0.257 e. The lowest BCUT2D eigenvalue weighted by Crippen LogP contribution is -2.31. The zero-order valence-electron chi connectivity index (χ0n) is 16.7. The lowest BCUT2D eigenvalue weighted by molar-refractivity contribution is -0.116. The number of hydrogen-bond acceptors (Lipinski definition) is 4. The number of amides is 1. The van der Waals surface area contributed by atoms with Crippen LogP contribution < -0.4 is 10.9 Å². The highest BCUT2D eigenvalue weighted by molar-refractivity contribution is 7.98. The molecule has 3 aromatic rings. The van der Waals surface area contributed by atoms with E-state index in [2.05, 4.69) is 52.5 Å². The molecule has 5 nitrogen and oxygen atoms in total. The van der Waals surface area contributed by atoms with E-state index in [1.54, 1.807) is 0 Å². The number of hydrogen-bond donors (Lipinski definition) is 2. The van der Waals surface area contributed by atoms with Crippen LogP contribution in [0, 0.1) is 20.8 Å². The van der Waals surface area contributed by atoms with Gasteiger partial charge in [0.25, 0.3) is 5.56 Å². The first-order chi connectivity index (χ1) is 13.9. The molecule has 0 bridgehead atoms. The number of aromatic amines is 1. The Labute approximate surface area is 174 Å². The summed E-state index contributed by atoms with van der Waals surface area (Å²) in [6.45, 7) is 6.07. The van der Waals surface area contributed by atoms with Crippen LogP contribution in [0.15, 0.2) is 52.4 Å². The zero-order chi connectivity index (χ0) is 20.5. The van der Waals surface area contributed by atoms with Gasteiger partial charge in [0.1, 0.15) is 5.82 Å². The Morgan fingerprint density at radius 1 is 1.03 bits per heavy atom. The maximum atomic E-state index is 13.0. The van der Waals surface area contributed by atoms with E-state index < -0.39 is 0 Å². The molecule has 0 unspecified atom stereocenters. The van der Waals surface area contributed by atoms with Gasteiger partial charge in [-0.1, -0.05) is 65.4 Å². The summed E-state index contributed by atoms with van der Waals surface area (Å²) < 4.78 is 0. The molecule has 1 amide bonds. The van der Waals surface area contributed by atoms with Gasteiger partial charge in [-0.15, -0.1) is 0 Å². The van der Waals surface area contributed by atoms with Crippen LogP contribution in [-0.2, 0) is 10.5 Å². The normalized spacial score (nSPS) is 15.7. The number of H-pyrrole nitrogens is 1. The van der Waals surface area contributed by atoms with Crippen molar-refractivity contribution in [2.24, 2.45) is 0 Å². The van der Waals surface area contributed by atoms with E-state index in [-0.39, 0.29) is 23.8 Å². The molecule has 1 aromatic heterocycles. The predicted octanol–water partition coefficient (Wildman–Crippen LogP) is 4.46. The Bertz CT molecular complexity index is 1140. The third-order valence-corrected chi connectivity index (χ3v) is 6.18. The van der Waals surface area contributed by atoms with Crippen LogP contribution in [0.3, 0.4) is 0 Å². The van der Waals surface area contributed by atoms with Crippen molar-refractivity contribution in [3.05, 3.63) is 86.2 Å². The number of carbonyl (C=O) groups excluding carboxylic acids is 1. The third-order valence-electron chi connectivity index (χ3n) is 5.24. The molecule has 0 fully saturated rings. The van der Waals surface area contributed by atoms with Gasteiger partial charge in [-0.25, -0.2) is 4.98 Å². The van der Waals surface area contributed by atoms with Gasteiger partial charge in [0.15, 0.2) is 5.16 Å². The largest absolute Gasteiger partial charge is 0.310 e. The topological polar surface area (TPSA) is 74.8 Å². The lowest BCUT2D eigenvalue weighted by Gasteiger charge is -2.26. The fourth-order valence-electron chi connectivity index (χ4n) is 3.66. The van der Waals surface area contributed by atoms with Gasteiger partial charge in [0, 0.05) is 18.1 Å². The van der Waals surface area contributed by atoms with Crippen LogP contribution in [0.4, 0.5) is 5.82 Å². The van der Waals surface area contributed by atoms with E-state index in [1.165, 1.54) is 17.3 Å². The quantitative estimate of drug-likeness (QED) is 0.496. The van der Waals surface area contributed by atoms with Gasteiger partial charge >= 0.3 is 0 Å². The summed E-state index contributed by atoms with van der Waals surface area (Å²) in [4.78, 5) is 32.8. The molecular weight excluding hydrogens is 382 g/mol. The number of benzene rings is 2. The molecule has 6 heteroatoms. The average molecular weight is 406 g/mol. The summed E-state index contributed by atoms with van der Waals surface area (Å²) >= 11 is 1.45. The molecule has 2 heterocycles. The average Bonchev–Trinajstić information content (AvgIpc) is 2.68. The van der Waals surface area contributed by atoms with E-state index in [0.717, 1.165) is 22.3 Å². The van der Waals surface area contributed by atoms with Crippen LogP contribution in [0.25, 0.3) is 0 Å². The van der Waals surface area contributed by atoms with Crippen molar-refractivity contribution >= 4 is 23.5 Å². The van der Waals surface area contributed by atoms with E-state index in [1.807, 2.05) is 26.0 Å². The van der Waals surface area contributed by atoms with Crippen LogP contribution in [0.5, 0.6) is 0 Å². The SMILES string of the molecule is Cc1ccc(CSc2nc3c(c(=O)[nH]2)[C@@H](c2cc(C)ccc2C)CC(=O)N3)cc1. The number of carbonyl (C=O) groups is 1. The van der Waals surface area contributed by atoms with Crippen molar-refractivity contribution in [3.63, 3.8) is 0 Å². The molecule has 4 rings (SSSR count). The molecule has 0 spiro atoms. The van der Waals surface area contributed by atoms with Crippen molar-refractivity contribution in [2.75, 3.05) is 5.32 Å². The predicted molar refractivity (Wildman–Crippen MR) is 117 cm³/mol. The molecule has 2 N–H and O–H groups in total. The molecule has 2 aromatic carbocycles. The fourth-order valence-corrected chi connectivity index (χ4v) is 4.47. The Kier molecular flexibility index (Phi) is 5.28. The smallest absolute Gasteiger partial charge is 0.257 e. The van der Waals surface area contributed by atoms with Gasteiger partial charge in [-0.2, -0.15) is 0 Å². The second-order valence-electron chi connectivity index (χ2n) is 7.57. The fraction of sp³-hybridized carbons (Fsp3) is 0.261. The number of anilines is 1. The Hall–Kier alpha value is -2.86. The van der Waals surface area contributed by atoms with Crippen LogP contribution in [0.1, 0.15) is 45.7 Å². The highest BCUT2D eigenvalue weighted by atomic mass is 32.2. The standard InChI is InChI=1S/C23H23N3O2S/c1-13-5-8-16(9-6-13)12-29-23-25-21-20(22(28)26-23)18(11-19(27)24-21)17-10-14(2)4-7-15(17)3/h4-10,18H,11-12H2,1-3H3,(H2,24,25,26,27,28)/t18-/m1/s1. The molecule has 29 heavy (non-hydrogen) atoms. The van der Waals surface area contributed by atoms with Gasteiger partial charge in [-0.05, 0) is 37.5 Å². The molecule has 1 aliphatic heterocycles. The number of rotatable bonds is 4. The monoisotopic (exact) mass is 405 g/mol. The van der Waals surface area contributed by atoms with Gasteiger partial charge in [0.05, 0.1) is 5.56 Å². The van der Waals surface area contributed by atoms with Gasteiger partial charge < -0.3 is 10.3 Å². The second kappa shape index (κ2) is 7.87. The second-order valence-corrected chi connectivity index (χ2v) is 8.54. The van der Waals surface area contributed by atoms with Crippen molar-refractivity contribution in [3.8, 4) is 0 Å². The zero-order valence-corrected chi connectivity index (χ0v) is 17.5. The summed E-state index contributed by atoms with van der Waals surface area (Å²) in [6, 6.07) is 14.4. The van der Waals surface area contributed by atoms with Crippen molar-refractivity contribution in [2.45, 2.75) is 44.0 Å². The summed E-state index contributed by atoms with van der Waals surface area (Å²) in [5.41, 5.74) is 5.89. The number of aryl methyl sites for hydroxylation is 3. The summed E-state index contributed by atoms with van der Waals surface area (Å²) in [5, 5.41) is 3.31. The first kappa shape index (κ1) is 19.5. The molecule has 0 aliphatic carbocycles. The molecule has 1 aliphatic rings. The number of fused-ring (bicyclic) bond motifs is 1. The molecule has 0 radical (unpaired) electrons. The molecule has 1 atom stereocenters. The molecule has 0 saturated carbocycles. The van der Waals surface area contributed by atoms with Crippen LogP contribution in [0.2, 0.25) is 0 Å². The third kappa shape index (κ3) is 4.12. The number of nitrogens with zero attached hydrogens (tertiary/aromatic N) is 1. The number of aromatic nitrogens is 2. The minimum atomic E-state index is -0.286. The van der Waals surface area contributed by atoms with Crippen molar-refractivity contribution in [1.82, 2.24) is 9.97 Å². The van der Waals surface area contributed by atoms with Gasteiger partial charge in [0.2, 0.25) is 5.91 Å². The Morgan fingerprint density at radius 2 is 1.76 bits per heavy atom.